The average molecular weight is 402 g/mol. The Morgan fingerprint density at radius 2 is 2.19 bits per heavy atom. The molecule has 0 aliphatic carbocycles. The Kier molecular flexibility index (Phi) is 6.45. The number of rotatable bonds is 6. The molecule has 0 aromatic carbocycles. The van der Waals surface area contributed by atoms with Crippen LogP contribution in [0.25, 0.3) is 0 Å². The van der Waals surface area contributed by atoms with Crippen LogP contribution in [0.1, 0.15) is 30.6 Å². The van der Waals surface area contributed by atoms with Gasteiger partial charge < -0.3 is 15.4 Å². The van der Waals surface area contributed by atoms with E-state index < -0.39 is 21.1 Å². The third-order valence-corrected chi connectivity index (χ3v) is 6.74. The summed E-state index contributed by atoms with van der Waals surface area (Å²) in [4.78, 5) is 33.8. The zero-order valence-corrected chi connectivity index (χ0v) is 16.5. The van der Waals surface area contributed by atoms with Crippen LogP contribution in [0.3, 0.4) is 0 Å². The number of nitrogen functional groups attached to an aromatic ring is 1. The van der Waals surface area contributed by atoms with Crippen LogP contribution < -0.4 is 5.73 Å². The van der Waals surface area contributed by atoms with Gasteiger partial charge >= 0.3 is 5.97 Å². The number of anilines is 1. The van der Waals surface area contributed by atoms with E-state index in [4.69, 9.17) is 10.5 Å². The lowest BCUT2D eigenvalue weighted by Crippen LogP contribution is -2.41. The van der Waals surface area contributed by atoms with Crippen molar-refractivity contribution in [3.05, 3.63) is 11.8 Å². The predicted octanol–water partition coefficient (Wildman–Crippen LogP) is 0.362. The van der Waals surface area contributed by atoms with Crippen molar-refractivity contribution in [3.8, 4) is 0 Å². The molecule has 26 heavy (non-hydrogen) atoms. The van der Waals surface area contributed by atoms with E-state index in [1.165, 1.54) is 11.1 Å². The maximum atomic E-state index is 12.5. The van der Waals surface area contributed by atoms with Crippen molar-refractivity contribution in [2.75, 3.05) is 30.9 Å². The Morgan fingerprint density at radius 3 is 2.73 bits per heavy atom. The molecule has 0 saturated carbocycles. The lowest BCUT2D eigenvalue weighted by atomic mass is 10.2. The Bertz CT molecular complexity index is 799. The molecule has 9 nitrogen and oxygen atoms in total. The molecule has 0 spiro atoms. The van der Waals surface area contributed by atoms with Gasteiger partial charge in [0.25, 0.3) is 0 Å². The van der Waals surface area contributed by atoms with Crippen LogP contribution in [0.15, 0.2) is 11.4 Å². The van der Waals surface area contributed by atoms with E-state index in [-0.39, 0.29) is 46.6 Å². The first-order chi connectivity index (χ1) is 12.1. The standard InChI is InChI=1S/C15H22N4O5S2/c1-4-24-14(21)11-7-17-15(18-12(11)16)25-9(2)13(20)19(3)10-5-6-26(22,23)8-10/h7,9-10H,4-6,8H2,1-3H3,(H2,16,17,18). The summed E-state index contributed by atoms with van der Waals surface area (Å²) in [6.45, 7) is 3.58. The van der Waals surface area contributed by atoms with Gasteiger partial charge in [0.1, 0.15) is 11.4 Å². The van der Waals surface area contributed by atoms with Gasteiger partial charge in [-0.15, -0.1) is 0 Å². The Hall–Kier alpha value is -1.88. The number of ether oxygens (including phenoxy) is 1. The smallest absolute Gasteiger partial charge is 0.343 e. The quantitative estimate of drug-likeness (QED) is 0.407. The van der Waals surface area contributed by atoms with E-state index in [2.05, 4.69) is 9.97 Å². The van der Waals surface area contributed by atoms with Crippen molar-refractivity contribution in [3.63, 3.8) is 0 Å². The summed E-state index contributed by atoms with van der Waals surface area (Å²) in [5.41, 5.74) is 5.84. The molecule has 1 aromatic heterocycles. The van der Waals surface area contributed by atoms with Gasteiger partial charge in [-0.1, -0.05) is 11.8 Å². The summed E-state index contributed by atoms with van der Waals surface area (Å²) in [6, 6.07) is -0.312. The molecule has 1 aliphatic heterocycles. The van der Waals surface area contributed by atoms with Gasteiger partial charge in [-0.2, -0.15) is 0 Å². The van der Waals surface area contributed by atoms with E-state index in [0.29, 0.717) is 6.42 Å². The van der Waals surface area contributed by atoms with E-state index in [1.54, 1.807) is 20.9 Å². The number of nitrogens with zero attached hydrogens (tertiary/aromatic N) is 3. The van der Waals surface area contributed by atoms with E-state index in [1.807, 2.05) is 0 Å². The van der Waals surface area contributed by atoms with Crippen LogP contribution in [-0.2, 0) is 19.4 Å². The van der Waals surface area contributed by atoms with Crippen LogP contribution in [0.5, 0.6) is 0 Å². The largest absolute Gasteiger partial charge is 0.462 e. The third kappa shape index (κ3) is 4.85. The molecule has 2 atom stereocenters. The number of thioether (sulfide) groups is 1. The molecule has 1 aromatic rings. The molecule has 0 radical (unpaired) electrons. The highest BCUT2D eigenvalue weighted by molar-refractivity contribution is 8.00. The van der Waals surface area contributed by atoms with Crippen molar-refractivity contribution in [2.24, 2.45) is 0 Å². The number of hydrogen-bond acceptors (Lipinski definition) is 9. The number of carbonyl (C=O) groups excluding carboxylic acids is 2. The molecule has 2 heterocycles. The first kappa shape index (κ1) is 20.4. The fourth-order valence-corrected chi connectivity index (χ4v) is 5.18. The highest BCUT2D eigenvalue weighted by Crippen LogP contribution is 2.25. The summed E-state index contributed by atoms with van der Waals surface area (Å²) in [5.74, 6) is -0.742. The maximum Gasteiger partial charge on any atom is 0.343 e. The molecule has 1 aliphatic rings. The normalized spacial score (nSPS) is 19.7. The molecule has 2 unspecified atom stereocenters. The second kappa shape index (κ2) is 8.21. The molecule has 2 N–H and O–H groups in total. The van der Waals surface area contributed by atoms with E-state index in [9.17, 15) is 18.0 Å². The summed E-state index contributed by atoms with van der Waals surface area (Å²) in [7, 11) is -1.47. The van der Waals surface area contributed by atoms with Gasteiger partial charge in [-0.3, -0.25) is 4.79 Å². The number of aromatic nitrogens is 2. The Morgan fingerprint density at radius 1 is 1.50 bits per heavy atom. The molecule has 2 rings (SSSR count). The molecule has 1 saturated heterocycles. The summed E-state index contributed by atoms with van der Waals surface area (Å²) >= 11 is 1.09. The Balaban J connectivity index is 2.02. The number of esters is 1. The van der Waals surface area contributed by atoms with Gasteiger partial charge in [-0.25, -0.2) is 23.2 Å². The summed E-state index contributed by atoms with van der Waals surface area (Å²) in [5, 5.41) is -0.278. The summed E-state index contributed by atoms with van der Waals surface area (Å²) < 4.78 is 28.0. The molecule has 1 fully saturated rings. The van der Waals surface area contributed by atoms with E-state index in [0.717, 1.165) is 11.8 Å². The highest BCUT2D eigenvalue weighted by Gasteiger charge is 2.34. The zero-order chi connectivity index (χ0) is 19.5. The van der Waals surface area contributed by atoms with Crippen LogP contribution in [0.4, 0.5) is 5.82 Å². The Labute approximate surface area is 156 Å². The first-order valence-corrected chi connectivity index (χ1v) is 10.8. The highest BCUT2D eigenvalue weighted by atomic mass is 32.2. The monoisotopic (exact) mass is 402 g/mol. The van der Waals surface area contributed by atoms with Crippen LogP contribution in [0.2, 0.25) is 0 Å². The fraction of sp³-hybridized carbons (Fsp3) is 0.600. The van der Waals surface area contributed by atoms with Crippen LogP contribution >= 0.6 is 11.8 Å². The third-order valence-electron chi connectivity index (χ3n) is 4.03. The number of nitrogens with two attached hydrogens (primary N) is 1. The van der Waals surface area contributed by atoms with Crippen molar-refractivity contribution in [2.45, 2.75) is 36.7 Å². The maximum absolute atomic E-state index is 12.5. The van der Waals surface area contributed by atoms with Crippen molar-refractivity contribution in [1.29, 1.82) is 0 Å². The second-order valence-electron chi connectivity index (χ2n) is 5.94. The van der Waals surface area contributed by atoms with Gasteiger partial charge in [0.15, 0.2) is 15.0 Å². The lowest BCUT2D eigenvalue weighted by Gasteiger charge is -2.26. The topological polar surface area (TPSA) is 133 Å². The molecule has 11 heteroatoms. The molecule has 0 bridgehead atoms. The number of amides is 1. The van der Waals surface area contributed by atoms with Gasteiger partial charge in [0, 0.05) is 19.3 Å². The second-order valence-corrected chi connectivity index (χ2v) is 9.47. The van der Waals surface area contributed by atoms with Crippen LogP contribution in [-0.4, -0.2) is 71.6 Å². The minimum atomic E-state index is -3.07. The van der Waals surface area contributed by atoms with Crippen LogP contribution in [0, 0.1) is 0 Å². The van der Waals surface area contributed by atoms with Gasteiger partial charge in [-0.05, 0) is 20.3 Å². The first-order valence-electron chi connectivity index (χ1n) is 8.08. The number of sulfone groups is 1. The summed E-state index contributed by atoms with van der Waals surface area (Å²) in [6.07, 6.45) is 1.72. The van der Waals surface area contributed by atoms with Crippen molar-refractivity contribution >= 4 is 39.3 Å². The molecular formula is C15H22N4O5S2. The van der Waals surface area contributed by atoms with E-state index >= 15 is 0 Å². The SMILES string of the molecule is CCOC(=O)c1cnc(SC(C)C(=O)N(C)C2CCS(=O)(=O)C2)nc1N. The van der Waals surface area contributed by atoms with Crippen molar-refractivity contribution in [1.82, 2.24) is 14.9 Å². The number of hydrogen-bond donors (Lipinski definition) is 1. The zero-order valence-electron chi connectivity index (χ0n) is 14.8. The van der Waals surface area contributed by atoms with Gasteiger partial charge in [0.2, 0.25) is 5.91 Å². The lowest BCUT2D eigenvalue weighted by molar-refractivity contribution is -0.130. The fourth-order valence-electron chi connectivity index (χ4n) is 2.56. The molecular weight excluding hydrogens is 380 g/mol. The minimum absolute atomic E-state index is 0.00961. The predicted molar refractivity (Wildman–Crippen MR) is 97.5 cm³/mol. The van der Waals surface area contributed by atoms with Gasteiger partial charge in [0.05, 0.1) is 23.4 Å². The number of carbonyl (C=O) groups is 2. The molecule has 144 valence electrons. The van der Waals surface area contributed by atoms with Crippen molar-refractivity contribution < 1.29 is 22.7 Å². The molecule has 1 amide bonds. The average Bonchev–Trinajstić information content (AvgIpc) is 2.93. The minimum Gasteiger partial charge on any atom is -0.462 e.